The van der Waals surface area contributed by atoms with Gasteiger partial charge in [0.05, 0.1) is 29.8 Å². The van der Waals surface area contributed by atoms with Gasteiger partial charge < -0.3 is 14.7 Å². The minimum Gasteiger partial charge on any atom is -0.361 e. The first-order valence-electron chi connectivity index (χ1n) is 8.72. The zero-order chi connectivity index (χ0) is 17.8. The molecule has 1 fully saturated rings. The molecule has 0 spiro atoms. The lowest BCUT2D eigenvalue weighted by atomic mass is 9.92. The highest BCUT2D eigenvalue weighted by Crippen LogP contribution is 2.19. The van der Waals surface area contributed by atoms with E-state index in [1.165, 1.54) is 12.8 Å². The van der Waals surface area contributed by atoms with Gasteiger partial charge in [0, 0.05) is 6.20 Å². The molecule has 7 nitrogen and oxygen atoms in total. The van der Waals surface area contributed by atoms with Gasteiger partial charge in [-0.2, -0.15) is 0 Å². The van der Waals surface area contributed by atoms with E-state index < -0.39 is 0 Å². The second-order valence-corrected chi connectivity index (χ2v) is 6.83. The van der Waals surface area contributed by atoms with Gasteiger partial charge in [0.2, 0.25) is 0 Å². The number of amides is 1. The van der Waals surface area contributed by atoms with Crippen LogP contribution >= 0.6 is 0 Å². The first-order valence-corrected chi connectivity index (χ1v) is 8.72. The summed E-state index contributed by atoms with van der Waals surface area (Å²) in [5.41, 5.74) is 2.85. The number of hydrogen-bond acceptors (Lipinski definition) is 6. The Morgan fingerprint density at radius 1 is 1.24 bits per heavy atom. The Morgan fingerprint density at radius 2 is 1.92 bits per heavy atom. The molecule has 1 saturated heterocycles. The standard InChI is InChI=1S/C18H25N5O2/c1-12-17(13(2)25-22-12)18(24)21-11-16-10-19-15(9-20-16)8-14-4-6-23(3)7-5-14/h9-10,14H,4-8,11H2,1-3H3,(H,21,24). The highest BCUT2D eigenvalue weighted by Gasteiger charge is 2.18. The number of carbonyl (C=O) groups is 1. The van der Waals surface area contributed by atoms with E-state index in [9.17, 15) is 4.79 Å². The Balaban J connectivity index is 1.52. The van der Waals surface area contributed by atoms with E-state index in [2.05, 4.69) is 32.4 Å². The third kappa shape index (κ3) is 4.42. The average Bonchev–Trinajstić information content (AvgIpc) is 2.95. The van der Waals surface area contributed by atoms with Crippen LogP contribution in [0, 0.1) is 19.8 Å². The molecule has 0 saturated carbocycles. The van der Waals surface area contributed by atoms with E-state index in [0.29, 0.717) is 29.5 Å². The zero-order valence-corrected chi connectivity index (χ0v) is 15.1. The number of carbonyl (C=O) groups excluding carboxylic acids is 1. The molecule has 0 bridgehead atoms. The first kappa shape index (κ1) is 17.5. The lowest BCUT2D eigenvalue weighted by Crippen LogP contribution is -2.31. The van der Waals surface area contributed by atoms with Gasteiger partial charge in [0.1, 0.15) is 11.3 Å². The average molecular weight is 343 g/mol. The molecule has 7 heteroatoms. The van der Waals surface area contributed by atoms with Crippen LogP contribution in [0.25, 0.3) is 0 Å². The van der Waals surface area contributed by atoms with Crippen molar-refractivity contribution < 1.29 is 9.32 Å². The van der Waals surface area contributed by atoms with E-state index in [1.54, 1.807) is 20.0 Å². The number of piperidine rings is 1. The van der Waals surface area contributed by atoms with Crippen LogP contribution in [0.3, 0.4) is 0 Å². The van der Waals surface area contributed by atoms with Crippen LogP contribution < -0.4 is 5.32 Å². The maximum atomic E-state index is 12.2. The van der Waals surface area contributed by atoms with Crippen molar-refractivity contribution in [1.29, 1.82) is 0 Å². The van der Waals surface area contributed by atoms with E-state index in [-0.39, 0.29) is 5.91 Å². The number of nitrogens with one attached hydrogen (secondary N) is 1. The van der Waals surface area contributed by atoms with Crippen molar-refractivity contribution in [1.82, 2.24) is 25.3 Å². The van der Waals surface area contributed by atoms with Crippen LogP contribution in [0.15, 0.2) is 16.9 Å². The summed E-state index contributed by atoms with van der Waals surface area (Å²) in [6.45, 7) is 6.13. The minimum absolute atomic E-state index is 0.201. The molecule has 0 radical (unpaired) electrons. The Hall–Kier alpha value is -2.28. The fraction of sp³-hybridized carbons (Fsp3) is 0.556. The quantitative estimate of drug-likeness (QED) is 0.892. The fourth-order valence-corrected chi connectivity index (χ4v) is 3.21. The van der Waals surface area contributed by atoms with Gasteiger partial charge >= 0.3 is 0 Å². The van der Waals surface area contributed by atoms with Crippen molar-refractivity contribution in [3.05, 3.63) is 40.8 Å². The minimum atomic E-state index is -0.201. The molecule has 3 heterocycles. The van der Waals surface area contributed by atoms with Gasteiger partial charge in [0.15, 0.2) is 0 Å². The van der Waals surface area contributed by atoms with Crippen LogP contribution in [0.4, 0.5) is 0 Å². The second-order valence-electron chi connectivity index (χ2n) is 6.83. The van der Waals surface area contributed by atoms with Gasteiger partial charge in [-0.15, -0.1) is 0 Å². The van der Waals surface area contributed by atoms with Crippen molar-refractivity contribution in [2.45, 2.75) is 39.7 Å². The van der Waals surface area contributed by atoms with Gasteiger partial charge in [-0.1, -0.05) is 5.16 Å². The molecule has 1 aliphatic rings. The molecule has 3 rings (SSSR count). The van der Waals surface area contributed by atoms with E-state index in [4.69, 9.17) is 4.52 Å². The molecule has 0 atom stereocenters. The highest BCUT2D eigenvalue weighted by atomic mass is 16.5. The summed E-state index contributed by atoms with van der Waals surface area (Å²) in [4.78, 5) is 23.5. The predicted molar refractivity (Wildman–Crippen MR) is 93.1 cm³/mol. The van der Waals surface area contributed by atoms with Crippen LogP contribution in [0.5, 0.6) is 0 Å². The molecule has 0 aliphatic carbocycles. The Kier molecular flexibility index (Phi) is 5.43. The van der Waals surface area contributed by atoms with Gasteiger partial charge in [-0.3, -0.25) is 14.8 Å². The molecule has 25 heavy (non-hydrogen) atoms. The number of aromatic nitrogens is 3. The van der Waals surface area contributed by atoms with E-state index in [0.717, 1.165) is 30.9 Å². The Labute approximate surface area is 147 Å². The molecule has 2 aromatic rings. The normalized spacial score (nSPS) is 16.1. The van der Waals surface area contributed by atoms with Crippen molar-refractivity contribution in [2.24, 2.45) is 5.92 Å². The summed E-state index contributed by atoms with van der Waals surface area (Å²) in [5.74, 6) is 1.01. The van der Waals surface area contributed by atoms with Crippen molar-refractivity contribution in [3.8, 4) is 0 Å². The Bertz CT molecular complexity index is 698. The molecule has 1 N–H and O–H groups in total. The molecule has 0 aromatic carbocycles. The summed E-state index contributed by atoms with van der Waals surface area (Å²) >= 11 is 0. The predicted octanol–water partition coefficient (Wildman–Crippen LogP) is 1.90. The lowest BCUT2D eigenvalue weighted by Gasteiger charge is -2.28. The van der Waals surface area contributed by atoms with Crippen molar-refractivity contribution in [2.75, 3.05) is 20.1 Å². The number of aryl methyl sites for hydroxylation is 2. The number of likely N-dealkylation sites (tertiary alicyclic amines) is 1. The molecular weight excluding hydrogens is 318 g/mol. The van der Waals surface area contributed by atoms with Gasteiger partial charge in [-0.05, 0) is 59.2 Å². The Morgan fingerprint density at radius 3 is 2.52 bits per heavy atom. The topological polar surface area (TPSA) is 84.2 Å². The lowest BCUT2D eigenvalue weighted by molar-refractivity contribution is 0.0948. The maximum absolute atomic E-state index is 12.2. The SMILES string of the molecule is Cc1noc(C)c1C(=O)NCc1cnc(CC2CCN(C)CC2)cn1. The molecule has 1 aliphatic heterocycles. The summed E-state index contributed by atoms with van der Waals surface area (Å²) in [5, 5.41) is 6.64. The number of hydrogen-bond donors (Lipinski definition) is 1. The number of rotatable bonds is 5. The third-order valence-corrected chi connectivity index (χ3v) is 4.79. The highest BCUT2D eigenvalue weighted by molar-refractivity contribution is 5.95. The third-order valence-electron chi connectivity index (χ3n) is 4.79. The molecule has 0 unspecified atom stereocenters. The van der Waals surface area contributed by atoms with Gasteiger partial charge in [-0.25, -0.2) is 0 Å². The van der Waals surface area contributed by atoms with Crippen molar-refractivity contribution in [3.63, 3.8) is 0 Å². The fourth-order valence-electron chi connectivity index (χ4n) is 3.21. The van der Waals surface area contributed by atoms with Crippen LogP contribution in [-0.2, 0) is 13.0 Å². The van der Waals surface area contributed by atoms with Crippen LogP contribution in [-0.4, -0.2) is 46.1 Å². The van der Waals surface area contributed by atoms with E-state index >= 15 is 0 Å². The zero-order valence-electron chi connectivity index (χ0n) is 15.1. The second kappa shape index (κ2) is 7.74. The van der Waals surface area contributed by atoms with Crippen LogP contribution in [0.2, 0.25) is 0 Å². The molecular formula is C18H25N5O2. The smallest absolute Gasteiger partial charge is 0.257 e. The molecule has 2 aromatic heterocycles. The molecule has 134 valence electrons. The summed E-state index contributed by atoms with van der Waals surface area (Å²) in [6.07, 6.45) is 6.99. The van der Waals surface area contributed by atoms with Gasteiger partial charge in [0.25, 0.3) is 5.91 Å². The van der Waals surface area contributed by atoms with Crippen molar-refractivity contribution >= 4 is 5.91 Å². The first-order chi connectivity index (χ1) is 12.0. The summed E-state index contributed by atoms with van der Waals surface area (Å²) in [6, 6.07) is 0. The van der Waals surface area contributed by atoms with Crippen LogP contribution in [0.1, 0.15) is 46.0 Å². The molecule has 1 amide bonds. The summed E-state index contributed by atoms with van der Waals surface area (Å²) in [7, 11) is 2.17. The monoisotopic (exact) mass is 343 g/mol. The van der Waals surface area contributed by atoms with E-state index in [1.807, 2.05) is 6.20 Å². The largest absolute Gasteiger partial charge is 0.361 e. The number of nitrogens with zero attached hydrogens (tertiary/aromatic N) is 4. The summed E-state index contributed by atoms with van der Waals surface area (Å²) < 4.78 is 5.02. The maximum Gasteiger partial charge on any atom is 0.257 e.